The molecular formula is C50H90N4O6. The van der Waals surface area contributed by atoms with Crippen molar-refractivity contribution in [3.05, 3.63) is 11.6 Å². The van der Waals surface area contributed by atoms with E-state index in [9.17, 15) is 14.4 Å². The highest BCUT2D eigenvalue weighted by atomic mass is 16.6. The fraction of sp³-hybridized carbons (Fsp3) is 0.900. The molecule has 3 amide bonds. The van der Waals surface area contributed by atoms with Crippen molar-refractivity contribution >= 4 is 18.3 Å². The first-order valence-electron chi connectivity index (χ1n) is 24.3. The van der Waals surface area contributed by atoms with Crippen LogP contribution in [0.2, 0.25) is 0 Å². The Hall–Kier alpha value is -2.49. The molecule has 0 aliphatic heterocycles. The van der Waals surface area contributed by atoms with E-state index in [1.165, 1.54) is 57.8 Å². The van der Waals surface area contributed by atoms with Crippen molar-refractivity contribution in [1.29, 1.82) is 0 Å². The molecule has 10 heteroatoms. The van der Waals surface area contributed by atoms with E-state index in [2.05, 4.69) is 42.8 Å². The number of rotatable bonds is 19. The van der Waals surface area contributed by atoms with Crippen molar-refractivity contribution < 1.29 is 28.6 Å². The van der Waals surface area contributed by atoms with Crippen molar-refractivity contribution in [2.24, 2.45) is 47.3 Å². The molecule has 0 heterocycles. The van der Waals surface area contributed by atoms with Gasteiger partial charge in [-0.05, 0) is 187 Å². The standard InChI is InChI=1S/C50H90N4O6/c1-34(2)18-16-19-35(3)42-33-38(32-37-23-24-40-39-21-17-20-36(39)22-25-41(40)43(37)42)58-46(57)54(31-27-50(12,13)53-45(56)60-48(7,8)9)30-15-14-28-51-29-26-49(10,11)52-44(55)59-47(4,5)6/h23,34-36,38-43,51H,14-22,24-33H2,1-13H3,(H,52,55)(H,53,56)/t35-,36?,38?,39?,40?,41?,42?,43?/m1/s1. The van der Waals surface area contributed by atoms with Gasteiger partial charge in [0.15, 0.2) is 0 Å². The molecule has 4 aliphatic rings. The maximum absolute atomic E-state index is 14.3. The summed E-state index contributed by atoms with van der Waals surface area (Å²) < 4.78 is 17.6. The number of carbonyl (C=O) groups excluding carboxylic acids is 3. The maximum atomic E-state index is 14.3. The second-order valence-corrected chi connectivity index (χ2v) is 23.2. The molecule has 0 bridgehead atoms. The highest BCUT2D eigenvalue weighted by Gasteiger charge is 2.51. The predicted molar refractivity (Wildman–Crippen MR) is 244 cm³/mol. The van der Waals surface area contributed by atoms with E-state index in [-0.39, 0.29) is 12.2 Å². The molecule has 10 nitrogen and oxygen atoms in total. The molecule has 4 rings (SSSR count). The van der Waals surface area contributed by atoms with Crippen LogP contribution in [0.25, 0.3) is 0 Å². The minimum atomic E-state index is -0.595. The van der Waals surface area contributed by atoms with Gasteiger partial charge in [0.2, 0.25) is 0 Å². The Morgan fingerprint density at radius 1 is 0.733 bits per heavy atom. The average Bonchev–Trinajstić information content (AvgIpc) is 3.59. The van der Waals surface area contributed by atoms with Gasteiger partial charge in [-0.15, -0.1) is 0 Å². The van der Waals surface area contributed by atoms with Gasteiger partial charge in [0.05, 0.1) is 0 Å². The number of carbonyl (C=O) groups is 3. The molecule has 0 spiro atoms. The molecule has 0 radical (unpaired) electrons. The summed E-state index contributed by atoms with van der Waals surface area (Å²) in [6, 6.07) is 0. The summed E-state index contributed by atoms with van der Waals surface area (Å²) in [7, 11) is 0. The quantitative estimate of drug-likeness (QED) is 0.0673. The van der Waals surface area contributed by atoms with Crippen LogP contribution in [0.4, 0.5) is 14.4 Å². The smallest absolute Gasteiger partial charge is 0.410 e. The van der Waals surface area contributed by atoms with E-state index in [1.54, 1.807) is 5.57 Å². The van der Waals surface area contributed by atoms with Gasteiger partial charge in [0.1, 0.15) is 17.3 Å². The van der Waals surface area contributed by atoms with Gasteiger partial charge in [-0.3, -0.25) is 0 Å². The molecule has 0 aromatic rings. The Kier molecular flexibility index (Phi) is 18.2. The number of allylic oxidation sites excluding steroid dienone is 1. The molecule has 3 fully saturated rings. The van der Waals surface area contributed by atoms with E-state index in [4.69, 9.17) is 14.2 Å². The Balaban J connectivity index is 1.40. The summed E-state index contributed by atoms with van der Waals surface area (Å²) >= 11 is 0. The molecule has 346 valence electrons. The maximum Gasteiger partial charge on any atom is 0.410 e. The van der Waals surface area contributed by atoms with Crippen molar-refractivity contribution in [3.63, 3.8) is 0 Å². The first-order valence-corrected chi connectivity index (χ1v) is 24.3. The number of hydrogen-bond acceptors (Lipinski definition) is 7. The molecule has 3 N–H and O–H groups in total. The second-order valence-electron chi connectivity index (χ2n) is 23.2. The molecule has 0 aromatic carbocycles. The lowest BCUT2D eigenvalue weighted by molar-refractivity contribution is -0.0172. The topological polar surface area (TPSA) is 118 Å². The number of unbranched alkanes of at least 4 members (excludes halogenated alkanes) is 1. The summed E-state index contributed by atoms with van der Waals surface area (Å²) in [5.74, 6) is 5.99. The van der Waals surface area contributed by atoms with Crippen LogP contribution in [0.3, 0.4) is 0 Å². The van der Waals surface area contributed by atoms with Crippen LogP contribution in [0.5, 0.6) is 0 Å². The highest BCUT2D eigenvalue weighted by Crippen LogP contribution is 2.58. The lowest BCUT2D eigenvalue weighted by atomic mass is 9.53. The number of hydrogen-bond donors (Lipinski definition) is 3. The Morgan fingerprint density at radius 2 is 1.38 bits per heavy atom. The number of amides is 3. The van der Waals surface area contributed by atoms with Gasteiger partial charge in [-0.25, -0.2) is 14.4 Å². The molecular weight excluding hydrogens is 753 g/mol. The Morgan fingerprint density at radius 3 is 2.02 bits per heavy atom. The van der Waals surface area contributed by atoms with Crippen LogP contribution in [-0.4, -0.2) is 77.7 Å². The molecule has 0 saturated heterocycles. The van der Waals surface area contributed by atoms with Crippen LogP contribution >= 0.6 is 0 Å². The molecule has 3 saturated carbocycles. The van der Waals surface area contributed by atoms with E-state index in [0.717, 1.165) is 74.8 Å². The Bertz CT molecular complexity index is 1410. The fourth-order valence-electron chi connectivity index (χ4n) is 11.1. The Labute approximate surface area is 366 Å². The number of nitrogens with one attached hydrogen (secondary N) is 3. The zero-order valence-corrected chi connectivity index (χ0v) is 40.6. The SMILES string of the molecule is CC(C)CCC[C@@H](C)C1CC(OC(=O)N(CCCCNCCC(C)(C)NC(=O)OC(C)(C)C)CCC(C)(C)NC(=O)OC(C)(C)C)CC2=CCC3C4CCCC4CCC3C21. The zero-order chi connectivity index (χ0) is 44.5. The number of ether oxygens (including phenoxy) is 3. The van der Waals surface area contributed by atoms with Crippen molar-refractivity contribution in [1.82, 2.24) is 20.9 Å². The van der Waals surface area contributed by atoms with E-state index < -0.39 is 34.5 Å². The van der Waals surface area contributed by atoms with Gasteiger partial charge < -0.3 is 35.1 Å². The lowest BCUT2D eigenvalue weighted by Crippen LogP contribution is -2.49. The van der Waals surface area contributed by atoms with Crippen molar-refractivity contribution in [2.75, 3.05) is 26.2 Å². The molecule has 8 atom stereocenters. The van der Waals surface area contributed by atoms with Gasteiger partial charge in [0.25, 0.3) is 0 Å². The third-order valence-electron chi connectivity index (χ3n) is 14.0. The van der Waals surface area contributed by atoms with Gasteiger partial charge in [0, 0.05) is 30.6 Å². The molecule has 0 aromatic heterocycles. The van der Waals surface area contributed by atoms with Gasteiger partial charge in [-0.2, -0.15) is 0 Å². The highest BCUT2D eigenvalue weighted by molar-refractivity contribution is 5.69. The second kappa shape index (κ2) is 21.7. The summed E-state index contributed by atoms with van der Waals surface area (Å²) in [6.45, 7) is 28.9. The number of fused-ring (bicyclic) bond motifs is 5. The first-order chi connectivity index (χ1) is 27.9. The third-order valence-corrected chi connectivity index (χ3v) is 14.0. The first kappa shape index (κ1) is 50.2. The van der Waals surface area contributed by atoms with Gasteiger partial charge >= 0.3 is 18.3 Å². The van der Waals surface area contributed by atoms with Crippen molar-refractivity contribution in [2.45, 2.75) is 215 Å². The van der Waals surface area contributed by atoms with Crippen molar-refractivity contribution in [3.8, 4) is 0 Å². The molecule has 4 aliphatic carbocycles. The van der Waals surface area contributed by atoms with Crippen LogP contribution in [-0.2, 0) is 14.2 Å². The monoisotopic (exact) mass is 843 g/mol. The molecule has 7 unspecified atom stereocenters. The van der Waals surface area contributed by atoms with Crippen LogP contribution in [0.15, 0.2) is 11.6 Å². The predicted octanol–water partition coefficient (Wildman–Crippen LogP) is 11.8. The summed E-state index contributed by atoms with van der Waals surface area (Å²) in [6.07, 6.45) is 18.3. The number of nitrogens with zero attached hydrogens (tertiary/aromatic N) is 1. The average molecular weight is 843 g/mol. The largest absolute Gasteiger partial charge is 0.446 e. The minimum Gasteiger partial charge on any atom is -0.446 e. The summed E-state index contributed by atoms with van der Waals surface area (Å²) in [5.41, 5.74) is -0.547. The summed E-state index contributed by atoms with van der Waals surface area (Å²) in [4.78, 5) is 41.3. The van der Waals surface area contributed by atoms with Crippen LogP contribution < -0.4 is 16.0 Å². The summed E-state index contributed by atoms with van der Waals surface area (Å²) in [5, 5.41) is 9.54. The third kappa shape index (κ3) is 16.3. The lowest BCUT2D eigenvalue weighted by Gasteiger charge is -2.53. The minimum absolute atomic E-state index is 0.119. The number of alkyl carbamates (subject to hydrolysis) is 2. The van der Waals surface area contributed by atoms with Crippen LogP contribution in [0.1, 0.15) is 186 Å². The van der Waals surface area contributed by atoms with Gasteiger partial charge in [-0.1, -0.05) is 64.5 Å². The molecule has 60 heavy (non-hydrogen) atoms. The fourth-order valence-corrected chi connectivity index (χ4v) is 11.1. The van der Waals surface area contributed by atoms with E-state index >= 15 is 0 Å². The van der Waals surface area contributed by atoms with E-state index in [1.807, 2.05) is 74.1 Å². The zero-order valence-electron chi connectivity index (χ0n) is 40.6. The normalized spacial score (nSPS) is 26.2. The van der Waals surface area contributed by atoms with Crippen LogP contribution in [0, 0.1) is 47.3 Å². The van der Waals surface area contributed by atoms with E-state index in [0.29, 0.717) is 37.3 Å².